The Morgan fingerprint density at radius 1 is 0.259 bits per heavy atom. The molecule has 0 bridgehead atoms. The standard InChI is InChI=1S/C75H128O6/c1-4-7-10-13-15-17-19-21-23-25-27-29-31-32-33-34-35-36-37-38-39-40-41-42-44-45-47-49-51-53-55-57-59-62-65-68-74(77)80-71-72(70-79-73(76)67-64-61-12-9-6-3)81-75(78)69-66-63-60-58-56-54-52-50-48-46-43-30-28-26-24-22-20-18-16-14-11-8-5-2/h7,10,15,17,21,23,27,29,32-33,35-36,38-39,41-42,45,47,72H,4-6,8-9,11-14,16,18-20,22,24-26,28,30-31,34,37,40,43-44,46,48-71H2,1-3H3/b10-7-,17-15-,23-21-,29-27-,33-32-,36-35-,39-38-,42-41-,47-45-. The molecule has 0 aromatic carbocycles. The lowest BCUT2D eigenvalue weighted by atomic mass is 10.0. The second kappa shape index (κ2) is 68.6. The Balaban J connectivity index is 4.04. The topological polar surface area (TPSA) is 78.9 Å². The average molecular weight is 1130 g/mol. The first-order valence-electron chi connectivity index (χ1n) is 34.4. The minimum atomic E-state index is -0.778. The molecule has 0 aromatic heterocycles. The third kappa shape index (κ3) is 66.8. The Hall–Kier alpha value is -3.93. The van der Waals surface area contributed by atoms with Crippen molar-refractivity contribution < 1.29 is 28.6 Å². The molecule has 1 atom stereocenters. The fourth-order valence-corrected chi connectivity index (χ4v) is 9.67. The van der Waals surface area contributed by atoms with Gasteiger partial charge in [-0.25, -0.2) is 0 Å². The predicted molar refractivity (Wildman–Crippen MR) is 353 cm³/mol. The highest BCUT2D eigenvalue weighted by Gasteiger charge is 2.19. The molecule has 464 valence electrons. The summed E-state index contributed by atoms with van der Waals surface area (Å²) < 4.78 is 16.8. The molecule has 1 unspecified atom stereocenters. The molecule has 6 nitrogen and oxygen atoms in total. The Morgan fingerprint density at radius 3 is 0.753 bits per heavy atom. The predicted octanol–water partition coefficient (Wildman–Crippen LogP) is 23.8. The molecule has 0 aromatic rings. The number of allylic oxidation sites excluding steroid dienone is 18. The quantitative estimate of drug-likeness (QED) is 0.0261. The van der Waals surface area contributed by atoms with Crippen LogP contribution in [0.3, 0.4) is 0 Å². The van der Waals surface area contributed by atoms with Crippen LogP contribution in [0.2, 0.25) is 0 Å². The molecule has 0 spiro atoms. The molecule has 0 amide bonds. The summed E-state index contributed by atoms with van der Waals surface area (Å²) in [5, 5.41) is 0. The van der Waals surface area contributed by atoms with Gasteiger partial charge in [0.15, 0.2) is 6.10 Å². The van der Waals surface area contributed by atoms with E-state index in [1.165, 1.54) is 161 Å². The number of hydrogen-bond acceptors (Lipinski definition) is 6. The molecular formula is C75H128O6. The van der Waals surface area contributed by atoms with Crippen LogP contribution in [0, 0.1) is 0 Å². The molecule has 0 saturated heterocycles. The van der Waals surface area contributed by atoms with Crippen LogP contribution in [0.5, 0.6) is 0 Å². The molecule has 0 radical (unpaired) electrons. The van der Waals surface area contributed by atoms with Crippen molar-refractivity contribution in [1.82, 2.24) is 0 Å². The van der Waals surface area contributed by atoms with Crippen molar-refractivity contribution in [1.29, 1.82) is 0 Å². The van der Waals surface area contributed by atoms with Crippen LogP contribution in [0.15, 0.2) is 109 Å². The lowest BCUT2D eigenvalue weighted by molar-refractivity contribution is -0.167. The van der Waals surface area contributed by atoms with Gasteiger partial charge in [-0.15, -0.1) is 0 Å². The van der Waals surface area contributed by atoms with Gasteiger partial charge in [0, 0.05) is 19.3 Å². The maximum Gasteiger partial charge on any atom is 0.306 e. The van der Waals surface area contributed by atoms with E-state index in [0.29, 0.717) is 19.3 Å². The van der Waals surface area contributed by atoms with E-state index < -0.39 is 6.10 Å². The fourth-order valence-electron chi connectivity index (χ4n) is 9.67. The number of esters is 3. The van der Waals surface area contributed by atoms with Crippen molar-refractivity contribution in [2.45, 2.75) is 335 Å². The first-order valence-corrected chi connectivity index (χ1v) is 34.4. The van der Waals surface area contributed by atoms with Crippen LogP contribution in [0.1, 0.15) is 329 Å². The lowest BCUT2D eigenvalue weighted by Gasteiger charge is -2.18. The summed E-state index contributed by atoms with van der Waals surface area (Å²) in [7, 11) is 0. The summed E-state index contributed by atoms with van der Waals surface area (Å²) in [4.78, 5) is 38.0. The Kier molecular flexibility index (Phi) is 65.2. The number of carbonyl (C=O) groups excluding carboxylic acids is 3. The SMILES string of the molecule is CC/C=C\C/C=C\C/C=C\C/C=C\C/C=C\C/C=C\C/C=C\C/C=C\C/C=C\CCCCCCCCCC(=O)OCC(COC(=O)CCCCCCC)OC(=O)CCCCCCCCCCCCCCCCCCCCCCCCC. The molecule has 0 aliphatic heterocycles. The first kappa shape index (κ1) is 77.1. The Bertz CT molecular complexity index is 1620. The molecule has 0 fully saturated rings. The van der Waals surface area contributed by atoms with E-state index in [4.69, 9.17) is 14.2 Å². The smallest absolute Gasteiger partial charge is 0.306 e. The molecular weight excluding hydrogens is 997 g/mol. The van der Waals surface area contributed by atoms with E-state index >= 15 is 0 Å². The zero-order chi connectivity index (χ0) is 58.5. The third-order valence-corrected chi connectivity index (χ3v) is 14.8. The van der Waals surface area contributed by atoms with Crippen molar-refractivity contribution >= 4 is 17.9 Å². The molecule has 81 heavy (non-hydrogen) atoms. The maximum atomic E-state index is 12.8. The maximum absolute atomic E-state index is 12.8. The van der Waals surface area contributed by atoms with E-state index in [2.05, 4.69) is 130 Å². The van der Waals surface area contributed by atoms with E-state index in [1.54, 1.807) is 0 Å². The van der Waals surface area contributed by atoms with Gasteiger partial charge in [-0.05, 0) is 89.9 Å². The van der Waals surface area contributed by atoms with E-state index in [-0.39, 0.29) is 31.1 Å². The molecule has 0 heterocycles. The van der Waals surface area contributed by atoms with Crippen LogP contribution in [-0.4, -0.2) is 37.2 Å². The van der Waals surface area contributed by atoms with Crippen molar-refractivity contribution in [3.63, 3.8) is 0 Å². The Morgan fingerprint density at radius 2 is 0.481 bits per heavy atom. The van der Waals surface area contributed by atoms with Crippen molar-refractivity contribution in [2.24, 2.45) is 0 Å². The summed E-state index contributed by atoms with van der Waals surface area (Å²) in [6.45, 7) is 6.47. The van der Waals surface area contributed by atoms with Gasteiger partial charge in [-0.2, -0.15) is 0 Å². The molecule has 0 aliphatic rings. The second-order valence-corrected chi connectivity index (χ2v) is 22.7. The van der Waals surface area contributed by atoms with Crippen LogP contribution in [0.25, 0.3) is 0 Å². The van der Waals surface area contributed by atoms with Crippen LogP contribution < -0.4 is 0 Å². The normalized spacial score (nSPS) is 12.8. The average Bonchev–Trinajstić information content (AvgIpc) is 3.47. The number of hydrogen-bond donors (Lipinski definition) is 0. The summed E-state index contributed by atoms with van der Waals surface area (Å²) in [5.41, 5.74) is 0. The first-order chi connectivity index (χ1) is 40.0. The van der Waals surface area contributed by atoms with Gasteiger partial charge in [-0.3, -0.25) is 14.4 Å². The van der Waals surface area contributed by atoms with E-state index in [9.17, 15) is 14.4 Å². The number of carbonyl (C=O) groups is 3. The lowest BCUT2D eigenvalue weighted by Crippen LogP contribution is -2.30. The highest BCUT2D eigenvalue weighted by Crippen LogP contribution is 2.17. The van der Waals surface area contributed by atoms with Crippen molar-refractivity contribution in [3.05, 3.63) is 109 Å². The second-order valence-electron chi connectivity index (χ2n) is 22.7. The number of ether oxygens (including phenoxy) is 3. The van der Waals surface area contributed by atoms with Crippen molar-refractivity contribution in [2.75, 3.05) is 13.2 Å². The zero-order valence-corrected chi connectivity index (χ0v) is 53.3. The van der Waals surface area contributed by atoms with Gasteiger partial charge in [0.05, 0.1) is 0 Å². The van der Waals surface area contributed by atoms with Gasteiger partial charge in [0.1, 0.15) is 13.2 Å². The third-order valence-electron chi connectivity index (χ3n) is 14.8. The summed E-state index contributed by atoms with van der Waals surface area (Å²) in [6.07, 6.45) is 94.5. The Labute approximate surface area is 501 Å². The molecule has 0 N–H and O–H groups in total. The molecule has 0 aliphatic carbocycles. The monoisotopic (exact) mass is 1120 g/mol. The van der Waals surface area contributed by atoms with Crippen LogP contribution >= 0.6 is 0 Å². The van der Waals surface area contributed by atoms with E-state index in [0.717, 1.165) is 128 Å². The van der Waals surface area contributed by atoms with Gasteiger partial charge in [0.25, 0.3) is 0 Å². The largest absolute Gasteiger partial charge is 0.462 e. The number of rotatable bonds is 62. The zero-order valence-electron chi connectivity index (χ0n) is 53.3. The minimum Gasteiger partial charge on any atom is -0.462 e. The fraction of sp³-hybridized carbons (Fsp3) is 0.720. The van der Waals surface area contributed by atoms with Crippen LogP contribution in [0.4, 0.5) is 0 Å². The van der Waals surface area contributed by atoms with Gasteiger partial charge >= 0.3 is 17.9 Å². The van der Waals surface area contributed by atoms with Crippen LogP contribution in [-0.2, 0) is 28.6 Å². The summed E-state index contributed by atoms with van der Waals surface area (Å²) in [5.74, 6) is -0.893. The minimum absolute atomic E-state index is 0.0792. The highest BCUT2D eigenvalue weighted by molar-refractivity contribution is 5.71. The summed E-state index contributed by atoms with van der Waals surface area (Å²) >= 11 is 0. The van der Waals surface area contributed by atoms with Gasteiger partial charge < -0.3 is 14.2 Å². The molecule has 0 rings (SSSR count). The number of unbranched alkanes of at least 4 members (excludes halogenated alkanes) is 33. The molecule has 0 saturated carbocycles. The van der Waals surface area contributed by atoms with E-state index in [1.807, 2.05) is 0 Å². The highest BCUT2D eigenvalue weighted by atomic mass is 16.6. The van der Waals surface area contributed by atoms with Gasteiger partial charge in [-0.1, -0.05) is 329 Å². The van der Waals surface area contributed by atoms with Gasteiger partial charge in [0.2, 0.25) is 0 Å². The summed E-state index contributed by atoms with van der Waals surface area (Å²) in [6, 6.07) is 0. The molecule has 6 heteroatoms. The van der Waals surface area contributed by atoms with Crippen molar-refractivity contribution in [3.8, 4) is 0 Å².